The molecule has 41 heavy (non-hydrogen) atoms. The molecule has 0 N–H and O–H groups in total. The van der Waals surface area contributed by atoms with Crippen molar-refractivity contribution in [2.45, 2.75) is 107 Å². The minimum Gasteiger partial charge on any atom is -0.367 e. The molecule has 0 radical (unpaired) electrons. The monoisotopic (exact) mass is 552 g/mol. The van der Waals surface area contributed by atoms with E-state index >= 15 is 0 Å². The second kappa shape index (κ2) is 16.5. The molecule has 0 aromatic rings. The fourth-order valence-corrected chi connectivity index (χ4v) is 5.12. The molecule has 1 heteroatoms. The Morgan fingerprint density at radius 3 is 1.68 bits per heavy atom. The van der Waals surface area contributed by atoms with Crippen molar-refractivity contribution < 1.29 is 4.74 Å². The van der Waals surface area contributed by atoms with E-state index in [-0.39, 0.29) is 5.60 Å². The van der Waals surface area contributed by atoms with Gasteiger partial charge in [-0.25, -0.2) is 0 Å². The fourth-order valence-electron chi connectivity index (χ4n) is 5.12. The highest BCUT2D eigenvalue weighted by atomic mass is 16.6. The summed E-state index contributed by atoms with van der Waals surface area (Å²) in [6.07, 6.45) is 40.0. The largest absolute Gasteiger partial charge is 0.367 e. The van der Waals surface area contributed by atoms with E-state index in [0.717, 1.165) is 12.8 Å². The highest BCUT2D eigenvalue weighted by Gasteiger charge is 2.46. The van der Waals surface area contributed by atoms with Gasteiger partial charge in [0, 0.05) is 5.92 Å². The van der Waals surface area contributed by atoms with Crippen LogP contribution in [0, 0.1) is 11.3 Å². The predicted octanol–water partition coefficient (Wildman–Crippen LogP) is 11.8. The van der Waals surface area contributed by atoms with E-state index in [0.29, 0.717) is 17.4 Å². The first-order valence-corrected chi connectivity index (χ1v) is 15.4. The molecule has 1 aliphatic heterocycles. The molecule has 1 nitrogen and oxygen atoms in total. The van der Waals surface area contributed by atoms with Crippen LogP contribution in [0.15, 0.2) is 131 Å². The molecule has 1 fully saturated rings. The summed E-state index contributed by atoms with van der Waals surface area (Å²) in [5.74, 6) is 0.529. The van der Waals surface area contributed by atoms with Crippen LogP contribution in [0.2, 0.25) is 0 Å². The molecular weight excluding hydrogens is 496 g/mol. The predicted molar refractivity (Wildman–Crippen MR) is 183 cm³/mol. The lowest BCUT2D eigenvalue weighted by atomic mass is 9.68. The number of hydrogen-bond donors (Lipinski definition) is 0. The first-order chi connectivity index (χ1) is 19.3. The van der Waals surface area contributed by atoms with E-state index in [1.807, 2.05) is 0 Å². The highest BCUT2D eigenvalue weighted by Crippen LogP contribution is 2.41. The van der Waals surface area contributed by atoms with Crippen LogP contribution in [0.5, 0.6) is 0 Å². The molecule has 0 aromatic heterocycles. The van der Waals surface area contributed by atoms with Crippen LogP contribution in [-0.2, 0) is 4.74 Å². The third-order valence-electron chi connectivity index (χ3n) is 8.11. The van der Waals surface area contributed by atoms with Crippen LogP contribution in [0.3, 0.4) is 0 Å². The molecule has 2 rings (SSSR count). The Kier molecular flexibility index (Phi) is 13.8. The fraction of sp³-hybridized carbons (Fsp3) is 0.450. The van der Waals surface area contributed by atoms with Crippen LogP contribution < -0.4 is 0 Å². The third-order valence-corrected chi connectivity index (χ3v) is 8.11. The van der Waals surface area contributed by atoms with Crippen molar-refractivity contribution in [1.82, 2.24) is 0 Å². The standard InChI is InChI=1S/C40H56O/c1-31(19-13-21-33(3)22-15-24-35(5)27-29-38-40(9,10)41-38)17-11-12-18-32(2)20-14-23-34(4)26-28-37-36(6)25-16-30-39(37,7)8/h11-15,17-26,28,37-38H,16,27,29-30H2,1-10H3/b12-11+,19-13-,20-14+,22-15+,28-26+,31-17+,32-18+,33-21+,34-23+,35-24+/t37-,38-/m0/s1. The molecule has 2 aliphatic rings. The summed E-state index contributed by atoms with van der Waals surface area (Å²) in [6, 6.07) is 0. The second-order valence-corrected chi connectivity index (χ2v) is 13.2. The zero-order valence-electron chi connectivity index (χ0n) is 27.6. The van der Waals surface area contributed by atoms with Gasteiger partial charge in [-0.3, -0.25) is 0 Å². The van der Waals surface area contributed by atoms with Gasteiger partial charge < -0.3 is 4.74 Å². The molecule has 0 aromatic carbocycles. The maximum Gasteiger partial charge on any atom is 0.0892 e. The van der Waals surface area contributed by atoms with Gasteiger partial charge in [0.2, 0.25) is 0 Å². The van der Waals surface area contributed by atoms with Gasteiger partial charge in [0.05, 0.1) is 11.7 Å². The van der Waals surface area contributed by atoms with Crippen LogP contribution in [-0.4, -0.2) is 11.7 Å². The maximum atomic E-state index is 5.67. The Bertz CT molecular complexity index is 1210. The lowest BCUT2D eigenvalue weighted by Crippen LogP contribution is -2.26. The summed E-state index contributed by atoms with van der Waals surface area (Å²) in [5.41, 5.74) is 8.28. The first kappa shape index (κ1) is 34.3. The zero-order valence-corrected chi connectivity index (χ0v) is 27.6. The molecular formula is C40H56O. The Balaban J connectivity index is 1.78. The molecule has 0 bridgehead atoms. The minimum absolute atomic E-state index is 0.0928. The van der Waals surface area contributed by atoms with Crippen LogP contribution in [0.25, 0.3) is 0 Å². The average Bonchev–Trinajstić information content (AvgIpc) is 3.50. The van der Waals surface area contributed by atoms with E-state index in [2.05, 4.69) is 166 Å². The van der Waals surface area contributed by atoms with Crippen molar-refractivity contribution in [2.75, 3.05) is 0 Å². The molecule has 0 saturated carbocycles. The summed E-state index contributed by atoms with van der Waals surface area (Å²) >= 11 is 0. The normalized spacial score (nSPS) is 24.5. The van der Waals surface area contributed by atoms with Gasteiger partial charge in [-0.15, -0.1) is 0 Å². The summed E-state index contributed by atoms with van der Waals surface area (Å²) in [4.78, 5) is 0. The molecule has 0 unspecified atom stereocenters. The van der Waals surface area contributed by atoms with Gasteiger partial charge in [0.25, 0.3) is 0 Å². The Labute approximate surface area is 252 Å². The van der Waals surface area contributed by atoms with Crippen molar-refractivity contribution in [3.05, 3.63) is 131 Å². The SMILES string of the molecule is CC1=CCCC(C)(C)[C@H]1/C=C/C(C)=C/C=C/C(C)=C/C=C/C=C(C)/C=C\C=C(C)\C=C\C=C(/C)CC[C@@H]1OC1(C)C. The van der Waals surface area contributed by atoms with Crippen molar-refractivity contribution >= 4 is 0 Å². The molecule has 1 heterocycles. The van der Waals surface area contributed by atoms with Gasteiger partial charge in [-0.2, -0.15) is 0 Å². The van der Waals surface area contributed by atoms with E-state index in [9.17, 15) is 0 Å². The van der Waals surface area contributed by atoms with Crippen molar-refractivity contribution in [3.8, 4) is 0 Å². The second-order valence-electron chi connectivity index (χ2n) is 13.2. The van der Waals surface area contributed by atoms with E-state index in [1.165, 1.54) is 46.3 Å². The van der Waals surface area contributed by atoms with Crippen molar-refractivity contribution in [2.24, 2.45) is 11.3 Å². The summed E-state index contributed by atoms with van der Waals surface area (Å²) in [7, 11) is 0. The first-order valence-electron chi connectivity index (χ1n) is 15.4. The molecule has 0 amide bonds. The quantitative estimate of drug-likeness (QED) is 0.126. The van der Waals surface area contributed by atoms with Crippen molar-refractivity contribution in [1.29, 1.82) is 0 Å². The lowest BCUT2D eigenvalue weighted by Gasteiger charge is -2.36. The van der Waals surface area contributed by atoms with E-state index < -0.39 is 0 Å². The van der Waals surface area contributed by atoms with E-state index in [1.54, 1.807) is 0 Å². The highest BCUT2D eigenvalue weighted by molar-refractivity contribution is 5.33. The third kappa shape index (κ3) is 13.5. The Hall–Kier alpha value is -2.90. The summed E-state index contributed by atoms with van der Waals surface area (Å²) < 4.78 is 5.67. The maximum absolute atomic E-state index is 5.67. The summed E-state index contributed by atoms with van der Waals surface area (Å²) in [6.45, 7) is 22.1. The smallest absolute Gasteiger partial charge is 0.0892 e. The number of allylic oxidation sites excluding steroid dienone is 22. The Morgan fingerprint density at radius 1 is 0.732 bits per heavy atom. The summed E-state index contributed by atoms with van der Waals surface area (Å²) in [5, 5.41) is 0. The Morgan fingerprint density at radius 2 is 1.20 bits per heavy atom. The number of epoxide rings is 1. The lowest BCUT2D eigenvalue weighted by molar-refractivity contribution is 0.255. The average molecular weight is 553 g/mol. The van der Waals surface area contributed by atoms with Gasteiger partial charge in [-0.1, -0.05) is 145 Å². The molecule has 1 aliphatic carbocycles. The van der Waals surface area contributed by atoms with Crippen LogP contribution in [0.1, 0.15) is 94.9 Å². The zero-order chi connectivity index (χ0) is 30.5. The van der Waals surface area contributed by atoms with Gasteiger partial charge >= 0.3 is 0 Å². The minimum atomic E-state index is 0.0928. The molecule has 2 atom stereocenters. The van der Waals surface area contributed by atoms with Gasteiger partial charge in [0.15, 0.2) is 0 Å². The molecule has 1 saturated heterocycles. The molecule has 0 spiro atoms. The topological polar surface area (TPSA) is 12.5 Å². The van der Waals surface area contributed by atoms with Crippen LogP contribution in [0.4, 0.5) is 0 Å². The van der Waals surface area contributed by atoms with Gasteiger partial charge in [0.1, 0.15) is 0 Å². The van der Waals surface area contributed by atoms with Gasteiger partial charge in [-0.05, 0) is 86.5 Å². The van der Waals surface area contributed by atoms with Crippen LogP contribution >= 0.6 is 0 Å². The number of rotatable bonds is 13. The number of ether oxygens (including phenoxy) is 1. The molecule has 222 valence electrons. The van der Waals surface area contributed by atoms with Crippen molar-refractivity contribution in [3.63, 3.8) is 0 Å². The van der Waals surface area contributed by atoms with E-state index in [4.69, 9.17) is 4.74 Å². The number of hydrogen-bond acceptors (Lipinski definition) is 1.